The van der Waals surface area contributed by atoms with Crippen molar-refractivity contribution < 1.29 is 4.92 Å². The summed E-state index contributed by atoms with van der Waals surface area (Å²) in [5.74, 6) is 0.219. The predicted molar refractivity (Wildman–Crippen MR) is 132 cm³/mol. The number of benzene rings is 3. The smallest absolute Gasteiger partial charge is 0.282 e. The number of nitrogens with one attached hydrogen (secondary N) is 1. The molecule has 1 aliphatic carbocycles. The number of nitro groups is 1. The lowest BCUT2D eigenvalue weighted by Gasteiger charge is -2.39. The van der Waals surface area contributed by atoms with E-state index in [2.05, 4.69) is 17.4 Å². The van der Waals surface area contributed by atoms with Crippen molar-refractivity contribution in [3.05, 3.63) is 98.0 Å². The molecule has 1 N–H and O–H groups in total. The van der Waals surface area contributed by atoms with E-state index in [4.69, 9.17) is 34.8 Å². The number of fused-ring (bicyclic) bond motifs is 3. The summed E-state index contributed by atoms with van der Waals surface area (Å²) in [6.45, 7) is 0. The highest BCUT2D eigenvalue weighted by atomic mass is 35.5. The molecular weight excluding hydrogens is 487 g/mol. The Morgan fingerprint density at radius 2 is 1.75 bits per heavy atom. The van der Waals surface area contributed by atoms with Crippen LogP contribution in [0.25, 0.3) is 0 Å². The number of nitrogens with zero attached hydrogens (tertiary/aromatic N) is 1. The van der Waals surface area contributed by atoms with E-state index in [9.17, 15) is 10.1 Å². The molecule has 4 nitrogen and oxygen atoms in total. The van der Waals surface area contributed by atoms with Gasteiger partial charge in [-0.15, -0.1) is 23.4 Å². The fraction of sp³-hybridized carbons (Fsp3) is 0.250. The van der Waals surface area contributed by atoms with E-state index in [1.165, 1.54) is 23.4 Å². The Kier molecular flexibility index (Phi) is 6.01. The van der Waals surface area contributed by atoms with Crippen molar-refractivity contribution in [1.29, 1.82) is 0 Å². The van der Waals surface area contributed by atoms with E-state index >= 15 is 0 Å². The maximum atomic E-state index is 11.5. The number of halogens is 3. The summed E-state index contributed by atoms with van der Waals surface area (Å²) in [5, 5.41) is 16.1. The van der Waals surface area contributed by atoms with Gasteiger partial charge in [-0.2, -0.15) is 0 Å². The number of para-hydroxylation sites is 1. The van der Waals surface area contributed by atoms with Gasteiger partial charge in [0.2, 0.25) is 0 Å². The fourth-order valence-electron chi connectivity index (χ4n) is 5.00. The Balaban J connectivity index is 1.56. The summed E-state index contributed by atoms with van der Waals surface area (Å²) in [4.78, 5) is 11.8. The topological polar surface area (TPSA) is 55.2 Å². The summed E-state index contributed by atoms with van der Waals surface area (Å²) in [6, 6.07) is 20.8. The third-order valence-corrected chi connectivity index (χ3v) is 8.96. The molecule has 8 heteroatoms. The second-order valence-electron chi connectivity index (χ2n) is 8.14. The molecule has 0 radical (unpaired) electrons. The van der Waals surface area contributed by atoms with Gasteiger partial charge in [-0.1, -0.05) is 65.7 Å². The van der Waals surface area contributed by atoms with E-state index in [0.717, 1.165) is 17.7 Å². The molecule has 0 unspecified atom stereocenters. The van der Waals surface area contributed by atoms with E-state index in [-0.39, 0.29) is 39.1 Å². The summed E-state index contributed by atoms with van der Waals surface area (Å²) in [5.41, 5.74) is 3.17. The van der Waals surface area contributed by atoms with Crippen molar-refractivity contribution in [3.63, 3.8) is 0 Å². The zero-order valence-corrected chi connectivity index (χ0v) is 19.8. The predicted octanol–water partition coefficient (Wildman–Crippen LogP) is 7.94. The van der Waals surface area contributed by atoms with E-state index in [1.54, 1.807) is 18.2 Å². The average molecular weight is 506 g/mol. The molecule has 2 aliphatic rings. The lowest BCUT2D eigenvalue weighted by atomic mass is 9.77. The minimum absolute atomic E-state index is 0.00415. The van der Waals surface area contributed by atoms with Crippen molar-refractivity contribution in [2.45, 2.75) is 33.9 Å². The zero-order valence-electron chi connectivity index (χ0n) is 16.8. The third kappa shape index (κ3) is 3.86. The van der Waals surface area contributed by atoms with Gasteiger partial charge >= 0.3 is 0 Å². The summed E-state index contributed by atoms with van der Waals surface area (Å²) >= 11 is 21.6. The standard InChI is InChI=1S/C24H19Cl3N2O2S/c25-14-10-15-21-16(23(13-6-2-1-3-7-13)28-24(15)17(26)11-14)12-20(22(21)27)32-19-9-5-4-8-18(19)29(30)31/h1-11,16,20-23,28H,12H2/t16-,20-,21+,22-,23+/m0/s1. The lowest BCUT2D eigenvalue weighted by Crippen LogP contribution is -2.31. The molecule has 0 amide bonds. The minimum Gasteiger partial charge on any atom is -0.376 e. The minimum atomic E-state index is -0.337. The average Bonchev–Trinajstić information content (AvgIpc) is 3.10. The van der Waals surface area contributed by atoms with Crippen molar-refractivity contribution in [3.8, 4) is 0 Å². The van der Waals surface area contributed by atoms with Crippen LogP contribution < -0.4 is 5.32 Å². The molecule has 5 atom stereocenters. The monoisotopic (exact) mass is 504 g/mol. The molecule has 164 valence electrons. The molecule has 1 saturated carbocycles. The Labute approximate surface area is 205 Å². The normalized spacial score (nSPS) is 26.2. The first-order valence-corrected chi connectivity index (χ1v) is 12.4. The number of thioether (sulfide) groups is 1. The van der Waals surface area contributed by atoms with Gasteiger partial charge in [-0.05, 0) is 41.7 Å². The molecule has 1 heterocycles. The Hall–Kier alpha value is -1.92. The first-order chi connectivity index (χ1) is 15.4. The van der Waals surface area contributed by atoms with Gasteiger partial charge in [0, 0.05) is 22.3 Å². The van der Waals surface area contributed by atoms with Crippen molar-refractivity contribution in [2.24, 2.45) is 5.92 Å². The largest absolute Gasteiger partial charge is 0.376 e. The number of rotatable bonds is 4. The molecule has 0 aromatic heterocycles. The van der Waals surface area contributed by atoms with Crippen LogP contribution in [-0.4, -0.2) is 15.6 Å². The lowest BCUT2D eigenvalue weighted by molar-refractivity contribution is -0.387. The third-order valence-electron chi connectivity index (χ3n) is 6.34. The van der Waals surface area contributed by atoms with Crippen LogP contribution in [0.4, 0.5) is 11.4 Å². The van der Waals surface area contributed by atoms with Gasteiger partial charge < -0.3 is 5.32 Å². The van der Waals surface area contributed by atoms with Crippen molar-refractivity contribution in [1.82, 2.24) is 0 Å². The second-order valence-corrected chi connectivity index (χ2v) is 10.8. The Morgan fingerprint density at radius 3 is 2.50 bits per heavy atom. The first-order valence-electron chi connectivity index (χ1n) is 10.3. The van der Waals surface area contributed by atoms with E-state index in [1.807, 2.05) is 30.3 Å². The number of hydrogen-bond donors (Lipinski definition) is 1. The van der Waals surface area contributed by atoms with E-state index in [0.29, 0.717) is 14.9 Å². The Bertz CT molecular complexity index is 1180. The molecule has 1 aliphatic heterocycles. The van der Waals surface area contributed by atoms with Crippen LogP contribution in [-0.2, 0) is 0 Å². The van der Waals surface area contributed by atoms with Crippen LogP contribution in [0.2, 0.25) is 10.0 Å². The van der Waals surface area contributed by atoms with Crippen molar-refractivity contribution >= 4 is 57.9 Å². The summed E-state index contributed by atoms with van der Waals surface area (Å²) < 4.78 is 0. The fourth-order valence-corrected chi connectivity index (χ4v) is 7.51. The molecule has 0 spiro atoms. The molecule has 3 aromatic carbocycles. The molecule has 0 saturated heterocycles. The number of anilines is 1. The first kappa shape index (κ1) is 21.9. The maximum Gasteiger partial charge on any atom is 0.282 e. The molecule has 1 fully saturated rings. The summed E-state index contributed by atoms with van der Waals surface area (Å²) in [7, 11) is 0. The summed E-state index contributed by atoms with van der Waals surface area (Å²) in [6.07, 6.45) is 0.811. The molecule has 0 bridgehead atoms. The molecule has 3 aromatic rings. The van der Waals surface area contributed by atoms with Crippen LogP contribution in [0.5, 0.6) is 0 Å². The van der Waals surface area contributed by atoms with Crippen LogP contribution in [0, 0.1) is 16.0 Å². The number of alkyl halides is 1. The van der Waals surface area contributed by atoms with Gasteiger partial charge in [-0.25, -0.2) is 0 Å². The number of nitro benzene ring substituents is 1. The highest BCUT2D eigenvalue weighted by molar-refractivity contribution is 8.00. The van der Waals surface area contributed by atoms with Crippen LogP contribution in [0.1, 0.15) is 29.5 Å². The van der Waals surface area contributed by atoms with Gasteiger partial charge in [0.25, 0.3) is 5.69 Å². The molecular formula is C24H19Cl3N2O2S. The van der Waals surface area contributed by atoms with E-state index < -0.39 is 0 Å². The van der Waals surface area contributed by atoms with Gasteiger partial charge in [0.1, 0.15) is 0 Å². The van der Waals surface area contributed by atoms with Crippen LogP contribution >= 0.6 is 46.6 Å². The SMILES string of the molecule is O=[N+]([O-])c1ccccc1S[C@H]1C[C@H]2[C@@H](c3cc(Cl)cc(Cl)c3N[C@@H]2c2ccccc2)[C@H]1Cl. The molecule has 5 rings (SSSR count). The highest BCUT2D eigenvalue weighted by Gasteiger charge is 2.50. The van der Waals surface area contributed by atoms with Gasteiger partial charge in [0.05, 0.1) is 31.9 Å². The van der Waals surface area contributed by atoms with Crippen LogP contribution in [0.3, 0.4) is 0 Å². The zero-order chi connectivity index (χ0) is 22.4. The van der Waals surface area contributed by atoms with Gasteiger partial charge in [-0.3, -0.25) is 10.1 Å². The van der Waals surface area contributed by atoms with Crippen molar-refractivity contribution in [2.75, 3.05) is 5.32 Å². The number of hydrogen-bond acceptors (Lipinski definition) is 4. The second kappa shape index (κ2) is 8.79. The maximum absolute atomic E-state index is 11.5. The van der Waals surface area contributed by atoms with Gasteiger partial charge in [0.15, 0.2) is 0 Å². The quantitative estimate of drug-likeness (QED) is 0.222. The molecule has 32 heavy (non-hydrogen) atoms. The highest BCUT2D eigenvalue weighted by Crippen LogP contribution is 2.59. The van der Waals surface area contributed by atoms with Crippen LogP contribution in [0.15, 0.2) is 71.6 Å². The Morgan fingerprint density at radius 1 is 1.03 bits per heavy atom.